The molecule has 0 spiro atoms. The molecule has 0 amide bonds. The third-order valence-corrected chi connectivity index (χ3v) is 4.02. The van der Waals surface area contributed by atoms with Crippen LogP contribution in [0, 0.1) is 0 Å². The van der Waals surface area contributed by atoms with Gasteiger partial charge in [0, 0.05) is 17.1 Å². The van der Waals surface area contributed by atoms with E-state index in [1.165, 1.54) is 11.1 Å². The minimum Gasteiger partial charge on any atom is -0.307 e. The van der Waals surface area contributed by atoms with Gasteiger partial charge in [-0.05, 0) is 37.0 Å². The summed E-state index contributed by atoms with van der Waals surface area (Å²) in [6.07, 6.45) is 2.15. The molecule has 106 valence electrons. The van der Waals surface area contributed by atoms with E-state index < -0.39 is 0 Å². The van der Waals surface area contributed by atoms with Gasteiger partial charge in [-0.3, -0.25) is 0 Å². The van der Waals surface area contributed by atoms with Crippen molar-refractivity contribution in [2.45, 2.75) is 38.8 Å². The molecule has 0 heterocycles. The van der Waals surface area contributed by atoms with Crippen LogP contribution >= 0.6 is 11.6 Å². The maximum absolute atomic E-state index is 6.27. The molecular formula is C18H22ClN. The molecule has 2 rings (SSSR count). The minimum absolute atomic E-state index is 0.261. The summed E-state index contributed by atoms with van der Waals surface area (Å²) < 4.78 is 0. The summed E-state index contributed by atoms with van der Waals surface area (Å²) in [6, 6.07) is 19.4. The van der Waals surface area contributed by atoms with Crippen LogP contribution in [-0.2, 0) is 6.42 Å². The summed E-state index contributed by atoms with van der Waals surface area (Å²) in [6.45, 7) is 4.40. The highest BCUT2D eigenvalue weighted by Gasteiger charge is 2.14. The van der Waals surface area contributed by atoms with E-state index in [4.69, 9.17) is 11.6 Å². The zero-order chi connectivity index (χ0) is 14.4. The Morgan fingerprint density at radius 2 is 1.65 bits per heavy atom. The molecule has 2 aromatic carbocycles. The molecule has 1 N–H and O–H groups in total. The van der Waals surface area contributed by atoms with Crippen molar-refractivity contribution < 1.29 is 0 Å². The monoisotopic (exact) mass is 287 g/mol. The largest absolute Gasteiger partial charge is 0.307 e. The first-order valence-electron chi connectivity index (χ1n) is 7.25. The van der Waals surface area contributed by atoms with E-state index in [1.54, 1.807) is 0 Å². The highest BCUT2D eigenvalue weighted by molar-refractivity contribution is 6.31. The smallest absolute Gasteiger partial charge is 0.0453 e. The van der Waals surface area contributed by atoms with Crippen LogP contribution in [0.25, 0.3) is 0 Å². The summed E-state index contributed by atoms with van der Waals surface area (Å²) in [7, 11) is 0. The average molecular weight is 288 g/mol. The van der Waals surface area contributed by atoms with E-state index in [2.05, 4.69) is 55.6 Å². The van der Waals surface area contributed by atoms with Gasteiger partial charge in [0.25, 0.3) is 0 Å². The SMILES string of the molecule is CCC(Cc1ccccc1)N[C@@H](C)c1ccccc1Cl. The van der Waals surface area contributed by atoms with Crippen LogP contribution < -0.4 is 5.32 Å². The number of halogens is 1. The number of hydrogen-bond acceptors (Lipinski definition) is 1. The van der Waals surface area contributed by atoms with Crippen molar-refractivity contribution in [3.05, 3.63) is 70.7 Å². The first-order chi connectivity index (χ1) is 9.70. The zero-order valence-corrected chi connectivity index (χ0v) is 12.9. The van der Waals surface area contributed by atoms with Crippen LogP contribution in [0.2, 0.25) is 5.02 Å². The Labute approximate surface area is 127 Å². The summed E-state index contributed by atoms with van der Waals surface area (Å²) in [5.41, 5.74) is 2.54. The lowest BCUT2D eigenvalue weighted by molar-refractivity contribution is 0.440. The minimum atomic E-state index is 0.261. The molecule has 2 aromatic rings. The molecule has 1 nitrogen and oxygen atoms in total. The van der Waals surface area contributed by atoms with E-state index >= 15 is 0 Å². The van der Waals surface area contributed by atoms with Gasteiger partial charge in [-0.2, -0.15) is 0 Å². The Bertz CT molecular complexity index is 524. The van der Waals surface area contributed by atoms with Crippen molar-refractivity contribution in [2.24, 2.45) is 0 Å². The quantitative estimate of drug-likeness (QED) is 0.787. The van der Waals surface area contributed by atoms with E-state index in [0.717, 1.165) is 17.9 Å². The van der Waals surface area contributed by atoms with E-state index in [9.17, 15) is 0 Å². The van der Waals surface area contributed by atoms with Crippen molar-refractivity contribution in [3.63, 3.8) is 0 Å². The molecule has 0 saturated heterocycles. The van der Waals surface area contributed by atoms with Gasteiger partial charge >= 0.3 is 0 Å². The number of rotatable bonds is 6. The molecular weight excluding hydrogens is 266 g/mol. The molecule has 0 bridgehead atoms. The van der Waals surface area contributed by atoms with Crippen LogP contribution in [0.3, 0.4) is 0 Å². The fourth-order valence-corrected chi connectivity index (χ4v) is 2.79. The Morgan fingerprint density at radius 1 is 1.00 bits per heavy atom. The first kappa shape index (κ1) is 15.1. The zero-order valence-electron chi connectivity index (χ0n) is 12.1. The number of hydrogen-bond donors (Lipinski definition) is 1. The fraction of sp³-hybridized carbons (Fsp3) is 0.333. The van der Waals surface area contributed by atoms with Crippen molar-refractivity contribution in [1.82, 2.24) is 5.32 Å². The Balaban J connectivity index is 2.01. The number of nitrogens with one attached hydrogen (secondary N) is 1. The molecule has 2 atom stereocenters. The lowest BCUT2D eigenvalue weighted by atomic mass is 10.0. The van der Waals surface area contributed by atoms with Crippen molar-refractivity contribution in [1.29, 1.82) is 0 Å². The van der Waals surface area contributed by atoms with Crippen LogP contribution in [-0.4, -0.2) is 6.04 Å². The topological polar surface area (TPSA) is 12.0 Å². The standard InChI is InChI=1S/C18H22ClN/c1-3-16(13-15-9-5-4-6-10-15)20-14(2)17-11-7-8-12-18(17)19/h4-12,14,16,20H,3,13H2,1-2H3/t14-,16?/m0/s1. The maximum Gasteiger partial charge on any atom is 0.0453 e. The molecule has 20 heavy (non-hydrogen) atoms. The summed E-state index contributed by atoms with van der Waals surface area (Å²) in [5, 5.41) is 4.52. The van der Waals surface area contributed by atoms with Crippen molar-refractivity contribution in [2.75, 3.05) is 0 Å². The molecule has 0 radical (unpaired) electrons. The second-order valence-corrected chi connectivity index (χ2v) is 5.61. The van der Waals surface area contributed by atoms with Gasteiger partial charge in [-0.1, -0.05) is 67.1 Å². The van der Waals surface area contributed by atoms with Gasteiger partial charge in [-0.25, -0.2) is 0 Å². The van der Waals surface area contributed by atoms with Crippen LogP contribution in [0.5, 0.6) is 0 Å². The van der Waals surface area contributed by atoms with E-state index in [1.807, 2.05) is 18.2 Å². The highest BCUT2D eigenvalue weighted by atomic mass is 35.5. The van der Waals surface area contributed by atoms with Gasteiger partial charge in [0.1, 0.15) is 0 Å². The lowest BCUT2D eigenvalue weighted by Gasteiger charge is -2.23. The predicted octanol–water partition coefficient (Wildman–Crippen LogP) is 5.01. The Kier molecular flexibility index (Phi) is 5.63. The molecule has 0 fully saturated rings. The summed E-state index contributed by atoms with van der Waals surface area (Å²) >= 11 is 6.27. The van der Waals surface area contributed by atoms with E-state index in [-0.39, 0.29) is 6.04 Å². The van der Waals surface area contributed by atoms with Crippen LogP contribution in [0.4, 0.5) is 0 Å². The normalized spacial score (nSPS) is 13.9. The fourth-order valence-electron chi connectivity index (χ4n) is 2.49. The predicted molar refractivity (Wildman–Crippen MR) is 87.2 cm³/mol. The average Bonchev–Trinajstić information content (AvgIpc) is 2.48. The molecule has 0 aliphatic carbocycles. The second-order valence-electron chi connectivity index (χ2n) is 5.20. The third kappa shape index (κ3) is 4.09. The van der Waals surface area contributed by atoms with Gasteiger partial charge < -0.3 is 5.32 Å². The van der Waals surface area contributed by atoms with Gasteiger partial charge in [0.2, 0.25) is 0 Å². The first-order valence-corrected chi connectivity index (χ1v) is 7.63. The van der Waals surface area contributed by atoms with Gasteiger partial charge in [0.15, 0.2) is 0 Å². The Hall–Kier alpha value is -1.31. The lowest BCUT2D eigenvalue weighted by Crippen LogP contribution is -2.33. The van der Waals surface area contributed by atoms with Gasteiger partial charge in [0.05, 0.1) is 0 Å². The maximum atomic E-state index is 6.27. The van der Waals surface area contributed by atoms with E-state index in [0.29, 0.717) is 6.04 Å². The number of benzene rings is 2. The summed E-state index contributed by atoms with van der Waals surface area (Å²) in [5.74, 6) is 0. The highest BCUT2D eigenvalue weighted by Crippen LogP contribution is 2.23. The van der Waals surface area contributed by atoms with Gasteiger partial charge in [-0.15, -0.1) is 0 Å². The molecule has 2 heteroatoms. The van der Waals surface area contributed by atoms with Crippen LogP contribution in [0.15, 0.2) is 54.6 Å². The van der Waals surface area contributed by atoms with Crippen molar-refractivity contribution >= 4 is 11.6 Å². The second kappa shape index (κ2) is 7.47. The third-order valence-electron chi connectivity index (χ3n) is 3.68. The molecule has 1 unspecified atom stereocenters. The molecule has 0 aromatic heterocycles. The summed E-state index contributed by atoms with van der Waals surface area (Å²) in [4.78, 5) is 0. The van der Waals surface area contributed by atoms with Crippen LogP contribution in [0.1, 0.15) is 37.4 Å². The molecule has 0 saturated carbocycles. The van der Waals surface area contributed by atoms with Crippen molar-refractivity contribution in [3.8, 4) is 0 Å². The molecule has 0 aliphatic rings. The molecule has 0 aliphatic heterocycles. The Morgan fingerprint density at radius 3 is 2.30 bits per heavy atom.